The summed E-state index contributed by atoms with van der Waals surface area (Å²) in [5, 5.41) is 4.92. The maximum Gasteiger partial charge on any atom is 0.0726 e. The maximum absolute atomic E-state index is 4.82. The average molecular weight is 306 g/mol. The van der Waals surface area contributed by atoms with Gasteiger partial charge in [0.15, 0.2) is 0 Å². The largest absolute Gasteiger partial charge is 0.383 e. The number of aromatic nitrogens is 1. The van der Waals surface area contributed by atoms with Crippen molar-refractivity contribution in [2.24, 2.45) is 0 Å². The highest BCUT2D eigenvalue weighted by Crippen LogP contribution is 2.40. The Balaban J connectivity index is 1.63. The zero-order chi connectivity index (χ0) is 14.8. The van der Waals surface area contributed by atoms with Crippen LogP contribution in [0.15, 0.2) is 59.5 Å². The Kier molecular flexibility index (Phi) is 3.73. The lowest BCUT2D eigenvalue weighted by Crippen LogP contribution is -2.07. The predicted molar refractivity (Wildman–Crippen MR) is 94.8 cm³/mol. The molecule has 3 aromatic rings. The van der Waals surface area contributed by atoms with Gasteiger partial charge in [0.25, 0.3) is 0 Å². The number of para-hydroxylation sites is 1. The molecule has 0 amide bonds. The summed E-state index contributed by atoms with van der Waals surface area (Å²) in [5.41, 5.74) is 5.01. The van der Waals surface area contributed by atoms with Gasteiger partial charge in [0.05, 0.1) is 21.8 Å². The van der Waals surface area contributed by atoms with Gasteiger partial charge in [-0.15, -0.1) is 11.8 Å². The first-order valence-electron chi connectivity index (χ1n) is 7.74. The van der Waals surface area contributed by atoms with Gasteiger partial charge in [-0.25, -0.2) is 0 Å². The van der Waals surface area contributed by atoms with Crippen molar-refractivity contribution >= 4 is 28.4 Å². The SMILES string of the molecule is c1ccc(CCNc2c3c(nc4ccccc24)CCS3)cc1. The number of pyridine rings is 1. The number of rotatable bonds is 4. The van der Waals surface area contributed by atoms with Crippen molar-refractivity contribution in [3.05, 3.63) is 65.9 Å². The molecule has 110 valence electrons. The van der Waals surface area contributed by atoms with Gasteiger partial charge in [-0.2, -0.15) is 0 Å². The summed E-state index contributed by atoms with van der Waals surface area (Å²) in [5.74, 6) is 1.14. The third-order valence-corrected chi connectivity index (χ3v) is 5.20. The van der Waals surface area contributed by atoms with Crippen molar-refractivity contribution in [3.8, 4) is 0 Å². The number of aryl methyl sites for hydroxylation is 1. The molecule has 1 N–H and O–H groups in total. The number of nitrogens with zero attached hydrogens (tertiary/aromatic N) is 1. The third kappa shape index (κ3) is 2.57. The molecule has 1 aliphatic rings. The molecule has 0 fully saturated rings. The fourth-order valence-corrected chi connectivity index (χ4v) is 4.11. The van der Waals surface area contributed by atoms with Gasteiger partial charge >= 0.3 is 0 Å². The van der Waals surface area contributed by atoms with Gasteiger partial charge in [-0.1, -0.05) is 48.5 Å². The van der Waals surface area contributed by atoms with Gasteiger partial charge in [-0.3, -0.25) is 4.98 Å². The van der Waals surface area contributed by atoms with Gasteiger partial charge < -0.3 is 5.32 Å². The second-order valence-electron chi connectivity index (χ2n) is 5.54. The van der Waals surface area contributed by atoms with Gasteiger partial charge in [0.2, 0.25) is 0 Å². The van der Waals surface area contributed by atoms with Crippen LogP contribution in [-0.2, 0) is 12.8 Å². The minimum atomic E-state index is 0.949. The summed E-state index contributed by atoms with van der Waals surface area (Å²) in [4.78, 5) is 6.18. The van der Waals surface area contributed by atoms with Crippen LogP contribution >= 0.6 is 11.8 Å². The van der Waals surface area contributed by atoms with Crippen LogP contribution in [0.4, 0.5) is 5.69 Å². The second-order valence-corrected chi connectivity index (χ2v) is 6.65. The Hall–Kier alpha value is -2.00. The topological polar surface area (TPSA) is 24.9 Å². The fraction of sp³-hybridized carbons (Fsp3) is 0.211. The fourth-order valence-electron chi connectivity index (χ4n) is 2.97. The third-order valence-electron chi connectivity index (χ3n) is 4.06. The van der Waals surface area contributed by atoms with E-state index in [9.17, 15) is 0 Å². The second kappa shape index (κ2) is 6.01. The lowest BCUT2D eigenvalue weighted by Gasteiger charge is -2.14. The summed E-state index contributed by atoms with van der Waals surface area (Å²) < 4.78 is 0. The number of thioether (sulfide) groups is 1. The van der Waals surface area contributed by atoms with E-state index < -0.39 is 0 Å². The van der Waals surface area contributed by atoms with Crippen molar-refractivity contribution in [2.45, 2.75) is 17.7 Å². The molecular weight excluding hydrogens is 288 g/mol. The summed E-state index contributed by atoms with van der Waals surface area (Å²) in [6.07, 6.45) is 2.12. The molecular formula is C19H18N2S. The van der Waals surface area contributed by atoms with Crippen LogP contribution in [-0.4, -0.2) is 17.3 Å². The average Bonchev–Trinajstić information content (AvgIpc) is 3.03. The summed E-state index contributed by atoms with van der Waals surface area (Å²) in [6, 6.07) is 19.1. The first-order valence-corrected chi connectivity index (χ1v) is 8.72. The zero-order valence-electron chi connectivity index (χ0n) is 12.4. The van der Waals surface area contributed by atoms with Crippen LogP contribution in [0.3, 0.4) is 0 Å². The monoisotopic (exact) mass is 306 g/mol. The summed E-state index contributed by atoms with van der Waals surface area (Å²) >= 11 is 1.93. The quantitative estimate of drug-likeness (QED) is 0.766. The molecule has 1 aromatic heterocycles. The van der Waals surface area contributed by atoms with E-state index in [0.29, 0.717) is 0 Å². The molecule has 2 nitrogen and oxygen atoms in total. The van der Waals surface area contributed by atoms with Crippen LogP contribution < -0.4 is 5.32 Å². The van der Waals surface area contributed by atoms with E-state index in [1.807, 2.05) is 11.8 Å². The van der Waals surface area contributed by atoms with E-state index in [1.165, 1.54) is 27.2 Å². The first kappa shape index (κ1) is 13.6. The number of hydrogen-bond acceptors (Lipinski definition) is 3. The molecule has 2 aromatic carbocycles. The Morgan fingerprint density at radius 3 is 2.73 bits per heavy atom. The van der Waals surface area contributed by atoms with Gasteiger partial charge in [-0.05, 0) is 18.1 Å². The Bertz CT molecular complexity index is 799. The van der Waals surface area contributed by atoms with Crippen LogP contribution in [0.5, 0.6) is 0 Å². The van der Waals surface area contributed by atoms with E-state index in [1.54, 1.807) is 0 Å². The molecule has 0 aliphatic carbocycles. The van der Waals surface area contributed by atoms with E-state index in [4.69, 9.17) is 4.98 Å². The lowest BCUT2D eigenvalue weighted by molar-refractivity contribution is 1.00. The molecule has 0 radical (unpaired) electrons. The van der Waals surface area contributed by atoms with E-state index in [0.717, 1.165) is 30.7 Å². The van der Waals surface area contributed by atoms with Crippen LogP contribution in [0.1, 0.15) is 11.3 Å². The highest BCUT2D eigenvalue weighted by atomic mass is 32.2. The maximum atomic E-state index is 4.82. The normalized spacial score (nSPS) is 13.3. The molecule has 0 spiro atoms. The van der Waals surface area contributed by atoms with Crippen molar-refractivity contribution in [1.29, 1.82) is 0 Å². The molecule has 0 saturated carbocycles. The molecule has 1 aliphatic heterocycles. The standard InChI is InChI=1S/C19H18N2S/c1-2-6-14(7-3-1)10-12-20-18-15-8-4-5-9-16(15)21-17-11-13-22-19(17)18/h1-9H,10-13H2,(H,20,21). The molecule has 4 rings (SSSR count). The van der Waals surface area contributed by atoms with Crippen LogP contribution in [0.2, 0.25) is 0 Å². The Labute approximate surface area is 135 Å². The Morgan fingerprint density at radius 1 is 1.00 bits per heavy atom. The molecule has 0 saturated heterocycles. The summed E-state index contributed by atoms with van der Waals surface area (Å²) in [6.45, 7) is 0.949. The van der Waals surface area contributed by atoms with E-state index >= 15 is 0 Å². The number of hydrogen-bond donors (Lipinski definition) is 1. The smallest absolute Gasteiger partial charge is 0.0726 e. The van der Waals surface area contributed by atoms with Gasteiger partial charge in [0, 0.05) is 24.1 Å². The number of benzene rings is 2. The molecule has 2 heterocycles. The number of fused-ring (bicyclic) bond motifs is 2. The first-order chi connectivity index (χ1) is 10.9. The zero-order valence-corrected chi connectivity index (χ0v) is 13.2. The molecule has 0 atom stereocenters. The van der Waals surface area contributed by atoms with E-state index in [-0.39, 0.29) is 0 Å². The lowest BCUT2D eigenvalue weighted by atomic mass is 10.1. The molecule has 0 bridgehead atoms. The van der Waals surface area contributed by atoms with E-state index in [2.05, 4.69) is 59.9 Å². The summed E-state index contributed by atoms with van der Waals surface area (Å²) in [7, 11) is 0. The molecule has 22 heavy (non-hydrogen) atoms. The minimum absolute atomic E-state index is 0.949. The molecule has 3 heteroatoms. The highest BCUT2D eigenvalue weighted by molar-refractivity contribution is 7.99. The molecule has 0 unspecified atom stereocenters. The van der Waals surface area contributed by atoms with Gasteiger partial charge in [0.1, 0.15) is 0 Å². The van der Waals surface area contributed by atoms with Crippen molar-refractivity contribution in [3.63, 3.8) is 0 Å². The van der Waals surface area contributed by atoms with Crippen molar-refractivity contribution in [2.75, 3.05) is 17.6 Å². The van der Waals surface area contributed by atoms with Crippen molar-refractivity contribution < 1.29 is 0 Å². The predicted octanol–water partition coefficient (Wildman–Crippen LogP) is 4.54. The number of nitrogens with one attached hydrogen (secondary N) is 1. The highest BCUT2D eigenvalue weighted by Gasteiger charge is 2.19. The van der Waals surface area contributed by atoms with Crippen molar-refractivity contribution in [1.82, 2.24) is 4.98 Å². The van der Waals surface area contributed by atoms with Crippen LogP contribution in [0, 0.1) is 0 Å². The van der Waals surface area contributed by atoms with Crippen LogP contribution in [0.25, 0.3) is 10.9 Å². The number of anilines is 1. The minimum Gasteiger partial charge on any atom is -0.383 e. The Morgan fingerprint density at radius 2 is 1.82 bits per heavy atom.